The number of rotatable bonds is 2. The highest BCUT2D eigenvalue weighted by Crippen LogP contribution is 2.28. The molecule has 1 saturated heterocycles. The molecule has 1 fully saturated rings. The van der Waals surface area contributed by atoms with E-state index in [1.165, 1.54) is 0 Å². The van der Waals surface area contributed by atoms with Gasteiger partial charge in [0.2, 0.25) is 5.88 Å². The van der Waals surface area contributed by atoms with Gasteiger partial charge in [0.15, 0.2) is 0 Å². The second-order valence-corrected chi connectivity index (χ2v) is 7.73. The Morgan fingerprint density at radius 1 is 1.32 bits per heavy atom. The van der Waals surface area contributed by atoms with Crippen molar-refractivity contribution in [3.63, 3.8) is 0 Å². The molecule has 1 atom stereocenters. The fraction of sp³-hybridized carbons (Fsp3) is 0.474. The quantitative estimate of drug-likeness (QED) is 0.779. The molecule has 1 aliphatic rings. The molecule has 1 aromatic carbocycles. The molecule has 1 unspecified atom stereocenters. The van der Waals surface area contributed by atoms with Crippen LogP contribution in [0.5, 0.6) is 5.88 Å². The summed E-state index contributed by atoms with van der Waals surface area (Å²) < 4.78 is 11.6. The van der Waals surface area contributed by atoms with E-state index in [0.717, 1.165) is 23.6 Å². The molecule has 0 radical (unpaired) electrons. The van der Waals surface area contributed by atoms with E-state index >= 15 is 0 Å². The number of benzene rings is 1. The molecule has 1 amide bonds. The maximum Gasteiger partial charge on any atom is 0.410 e. The van der Waals surface area contributed by atoms with Crippen LogP contribution in [0.3, 0.4) is 0 Å². The van der Waals surface area contributed by atoms with Crippen LogP contribution in [-0.4, -0.2) is 40.8 Å². The number of halogens is 1. The minimum absolute atomic E-state index is 0.113. The molecule has 0 aliphatic carbocycles. The third-order valence-corrected chi connectivity index (χ3v) is 4.23. The first-order chi connectivity index (χ1) is 11.8. The molecule has 0 spiro atoms. The van der Waals surface area contributed by atoms with Crippen molar-refractivity contribution in [1.29, 1.82) is 0 Å². The minimum Gasteiger partial charge on any atom is -0.472 e. The van der Waals surface area contributed by atoms with Crippen LogP contribution in [0.15, 0.2) is 30.5 Å². The minimum atomic E-state index is -0.501. The van der Waals surface area contributed by atoms with E-state index < -0.39 is 5.60 Å². The molecule has 134 valence electrons. The summed E-state index contributed by atoms with van der Waals surface area (Å²) in [5.41, 5.74) is -0.501. The van der Waals surface area contributed by atoms with E-state index in [4.69, 9.17) is 21.1 Å². The van der Waals surface area contributed by atoms with E-state index in [2.05, 4.69) is 4.98 Å². The zero-order valence-electron chi connectivity index (χ0n) is 14.8. The maximum atomic E-state index is 12.3. The average molecular weight is 363 g/mol. The smallest absolute Gasteiger partial charge is 0.410 e. The van der Waals surface area contributed by atoms with E-state index in [1.54, 1.807) is 11.1 Å². The molecule has 25 heavy (non-hydrogen) atoms. The van der Waals surface area contributed by atoms with Gasteiger partial charge in [-0.25, -0.2) is 9.78 Å². The van der Waals surface area contributed by atoms with Crippen molar-refractivity contribution in [3.05, 3.63) is 35.5 Å². The van der Waals surface area contributed by atoms with Crippen LogP contribution < -0.4 is 4.74 Å². The number of fused-ring (bicyclic) bond motifs is 1. The predicted octanol–water partition coefficient (Wildman–Crippen LogP) is 4.67. The van der Waals surface area contributed by atoms with Crippen molar-refractivity contribution in [2.75, 3.05) is 13.1 Å². The van der Waals surface area contributed by atoms with Gasteiger partial charge in [0.05, 0.1) is 6.54 Å². The Labute approximate surface area is 152 Å². The summed E-state index contributed by atoms with van der Waals surface area (Å²) in [6, 6.07) is 7.57. The van der Waals surface area contributed by atoms with Gasteiger partial charge in [0.1, 0.15) is 11.7 Å². The number of nitrogens with zero attached hydrogens (tertiary/aromatic N) is 2. The summed E-state index contributed by atoms with van der Waals surface area (Å²) in [5, 5.41) is 2.54. The number of aromatic nitrogens is 1. The van der Waals surface area contributed by atoms with E-state index in [9.17, 15) is 4.79 Å². The van der Waals surface area contributed by atoms with Crippen molar-refractivity contribution in [1.82, 2.24) is 9.88 Å². The summed E-state index contributed by atoms with van der Waals surface area (Å²) in [5.74, 6) is 0.552. The Balaban J connectivity index is 1.73. The summed E-state index contributed by atoms with van der Waals surface area (Å²) in [7, 11) is 0. The Morgan fingerprint density at radius 2 is 2.12 bits per heavy atom. The Hall–Kier alpha value is -2.01. The van der Waals surface area contributed by atoms with Crippen LogP contribution >= 0.6 is 11.6 Å². The van der Waals surface area contributed by atoms with E-state index in [-0.39, 0.29) is 12.2 Å². The lowest BCUT2D eigenvalue weighted by Gasteiger charge is -2.34. The first kappa shape index (κ1) is 17.8. The fourth-order valence-electron chi connectivity index (χ4n) is 2.89. The van der Waals surface area contributed by atoms with Gasteiger partial charge in [-0.3, -0.25) is 0 Å². The third kappa shape index (κ3) is 4.54. The maximum absolute atomic E-state index is 12.3. The lowest BCUT2D eigenvalue weighted by atomic mass is 10.1. The predicted molar refractivity (Wildman–Crippen MR) is 98.2 cm³/mol. The Bertz CT molecular complexity index is 773. The first-order valence-corrected chi connectivity index (χ1v) is 8.88. The highest BCUT2D eigenvalue weighted by Gasteiger charge is 2.29. The van der Waals surface area contributed by atoms with Gasteiger partial charge in [0.25, 0.3) is 0 Å². The van der Waals surface area contributed by atoms with Gasteiger partial charge in [-0.15, -0.1) is 0 Å². The summed E-state index contributed by atoms with van der Waals surface area (Å²) in [6.45, 7) is 6.78. The van der Waals surface area contributed by atoms with Crippen LogP contribution in [0.1, 0.15) is 33.6 Å². The van der Waals surface area contributed by atoms with Crippen LogP contribution in [0.25, 0.3) is 10.8 Å². The molecule has 0 N–H and O–H groups in total. The summed E-state index contributed by atoms with van der Waals surface area (Å²) in [4.78, 5) is 18.3. The average Bonchev–Trinajstić information content (AvgIpc) is 2.54. The van der Waals surface area contributed by atoms with Crippen molar-refractivity contribution >= 4 is 28.5 Å². The second kappa shape index (κ2) is 7.08. The topological polar surface area (TPSA) is 51.7 Å². The number of ether oxygens (including phenoxy) is 2. The van der Waals surface area contributed by atoms with Crippen molar-refractivity contribution in [3.8, 4) is 5.88 Å². The standard InChI is InChI=1S/C19H23ClN2O3/c1-19(2,3)25-18(23)22-10-4-5-15(12-22)24-17-16-11-14(20)7-6-13(16)8-9-21-17/h6-9,11,15H,4-5,10,12H2,1-3H3. The van der Waals surface area contributed by atoms with Crippen LogP contribution in [0, 0.1) is 0 Å². The van der Waals surface area contributed by atoms with Crippen LogP contribution in [0.4, 0.5) is 4.79 Å². The fourth-order valence-corrected chi connectivity index (χ4v) is 3.06. The number of pyridine rings is 1. The number of hydrogen-bond donors (Lipinski definition) is 0. The number of likely N-dealkylation sites (tertiary alicyclic amines) is 1. The van der Waals surface area contributed by atoms with E-state index in [1.807, 2.05) is 45.0 Å². The monoisotopic (exact) mass is 362 g/mol. The molecule has 5 nitrogen and oxygen atoms in total. The van der Waals surface area contributed by atoms with Gasteiger partial charge in [-0.05, 0) is 57.2 Å². The number of hydrogen-bond acceptors (Lipinski definition) is 4. The van der Waals surface area contributed by atoms with Crippen LogP contribution in [0.2, 0.25) is 5.02 Å². The number of piperidine rings is 1. The number of carbonyl (C=O) groups is 1. The van der Waals surface area contributed by atoms with Gasteiger partial charge in [0, 0.05) is 23.2 Å². The molecule has 3 rings (SSSR count). The highest BCUT2D eigenvalue weighted by atomic mass is 35.5. The lowest BCUT2D eigenvalue weighted by Crippen LogP contribution is -2.46. The third-order valence-electron chi connectivity index (χ3n) is 4.00. The molecule has 0 bridgehead atoms. The van der Waals surface area contributed by atoms with Gasteiger partial charge in [-0.2, -0.15) is 0 Å². The number of carbonyl (C=O) groups excluding carboxylic acids is 1. The Morgan fingerprint density at radius 3 is 2.88 bits per heavy atom. The largest absolute Gasteiger partial charge is 0.472 e. The summed E-state index contributed by atoms with van der Waals surface area (Å²) in [6.07, 6.45) is 3.06. The van der Waals surface area contributed by atoms with Crippen molar-refractivity contribution < 1.29 is 14.3 Å². The van der Waals surface area contributed by atoms with Gasteiger partial charge < -0.3 is 14.4 Å². The van der Waals surface area contributed by atoms with E-state index in [0.29, 0.717) is 24.0 Å². The second-order valence-electron chi connectivity index (χ2n) is 7.29. The lowest BCUT2D eigenvalue weighted by molar-refractivity contribution is 0.00743. The SMILES string of the molecule is CC(C)(C)OC(=O)N1CCCC(Oc2nccc3ccc(Cl)cc23)C1. The van der Waals surface area contributed by atoms with Crippen molar-refractivity contribution in [2.24, 2.45) is 0 Å². The molecule has 0 saturated carbocycles. The zero-order valence-corrected chi connectivity index (χ0v) is 15.5. The van der Waals surface area contributed by atoms with Gasteiger partial charge >= 0.3 is 6.09 Å². The first-order valence-electron chi connectivity index (χ1n) is 8.51. The molecule has 2 aromatic rings. The zero-order chi connectivity index (χ0) is 18.0. The van der Waals surface area contributed by atoms with Gasteiger partial charge in [-0.1, -0.05) is 17.7 Å². The summed E-state index contributed by atoms with van der Waals surface area (Å²) >= 11 is 6.11. The molecular weight excluding hydrogens is 340 g/mol. The molecule has 1 aromatic heterocycles. The van der Waals surface area contributed by atoms with Crippen molar-refractivity contribution in [2.45, 2.75) is 45.3 Å². The number of amides is 1. The highest BCUT2D eigenvalue weighted by molar-refractivity contribution is 6.31. The molecule has 6 heteroatoms. The molecule has 2 heterocycles. The molecule has 1 aliphatic heterocycles. The van der Waals surface area contributed by atoms with Crippen LogP contribution in [-0.2, 0) is 4.74 Å². The normalized spacial score (nSPS) is 18.2. The molecular formula is C19H23ClN2O3. The Kier molecular flexibility index (Phi) is 5.04.